The van der Waals surface area contributed by atoms with Crippen molar-refractivity contribution in [1.29, 1.82) is 0 Å². The summed E-state index contributed by atoms with van der Waals surface area (Å²) in [4.78, 5) is 28.0. The van der Waals surface area contributed by atoms with Crippen molar-refractivity contribution in [2.75, 3.05) is 0 Å². The third kappa shape index (κ3) is 2.73. The average Bonchev–Trinajstić information content (AvgIpc) is 2.50. The van der Waals surface area contributed by atoms with E-state index >= 15 is 0 Å². The van der Waals surface area contributed by atoms with E-state index < -0.39 is 0 Å². The highest BCUT2D eigenvalue weighted by Crippen LogP contribution is 2.18. The summed E-state index contributed by atoms with van der Waals surface area (Å²) in [7, 11) is 0. The quantitative estimate of drug-likeness (QED) is 0.392. The Hall–Kier alpha value is -2.53. The van der Waals surface area contributed by atoms with Gasteiger partial charge in [0.25, 0.3) is 5.91 Å². The van der Waals surface area contributed by atoms with Crippen molar-refractivity contribution in [2.24, 2.45) is 5.84 Å². The molecule has 0 atom stereocenters. The average molecular weight is 269 g/mol. The number of hydrogen-bond acceptors (Lipinski definition) is 4. The van der Waals surface area contributed by atoms with Gasteiger partial charge < -0.3 is 0 Å². The Balaban J connectivity index is 2.35. The van der Waals surface area contributed by atoms with Crippen LogP contribution in [0.5, 0.6) is 0 Å². The minimum atomic E-state index is -0.368. The van der Waals surface area contributed by atoms with Crippen LogP contribution in [0.25, 0.3) is 0 Å². The maximum atomic E-state index is 12.3. The van der Waals surface area contributed by atoms with Crippen LogP contribution in [-0.2, 0) is 4.79 Å². The Kier molecular flexibility index (Phi) is 4.22. The number of nitrogens with zero attached hydrogens (tertiary/aromatic N) is 2. The van der Waals surface area contributed by atoms with Crippen LogP contribution < -0.4 is 5.84 Å². The molecular weight excluding hydrogens is 254 g/mol. The van der Waals surface area contributed by atoms with Gasteiger partial charge in [0, 0.05) is 29.2 Å². The van der Waals surface area contributed by atoms with Crippen LogP contribution in [0, 0.1) is 0 Å². The van der Waals surface area contributed by atoms with Crippen LogP contribution in [0.15, 0.2) is 60.1 Å². The van der Waals surface area contributed by atoms with Crippen LogP contribution in [0.2, 0.25) is 0 Å². The number of pyridine rings is 1. The first-order valence-corrected chi connectivity index (χ1v) is 6.26. The number of hydrazine groups is 1. The fourth-order valence-electron chi connectivity index (χ4n) is 1.95. The number of nitrogens with two attached hydrogens (primary N) is 1. The molecule has 5 nitrogen and oxygen atoms in total. The number of allylic oxidation sites excluding steroid dienone is 6. The number of hydrogen-bond donors (Lipinski definition) is 1. The van der Waals surface area contributed by atoms with Gasteiger partial charge >= 0.3 is 0 Å². The molecule has 0 aliphatic heterocycles. The Morgan fingerprint density at radius 3 is 2.50 bits per heavy atom. The van der Waals surface area contributed by atoms with Crippen molar-refractivity contribution in [3.8, 4) is 0 Å². The van der Waals surface area contributed by atoms with E-state index in [0.717, 1.165) is 5.01 Å². The molecule has 1 aliphatic carbocycles. The smallest absolute Gasteiger partial charge is 0.272 e. The summed E-state index contributed by atoms with van der Waals surface area (Å²) < 4.78 is 0. The number of aromatic nitrogens is 1. The summed E-state index contributed by atoms with van der Waals surface area (Å²) in [5.74, 6) is 5.37. The van der Waals surface area contributed by atoms with Gasteiger partial charge in [-0.1, -0.05) is 19.1 Å². The maximum absolute atomic E-state index is 12.3. The van der Waals surface area contributed by atoms with E-state index in [0.29, 0.717) is 23.3 Å². The van der Waals surface area contributed by atoms with Crippen LogP contribution in [0.4, 0.5) is 0 Å². The Morgan fingerprint density at radius 2 is 1.90 bits per heavy atom. The molecule has 0 bridgehead atoms. The van der Waals surface area contributed by atoms with Crippen LogP contribution in [0.3, 0.4) is 0 Å². The van der Waals surface area contributed by atoms with Gasteiger partial charge in [-0.25, -0.2) is 10.9 Å². The highest BCUT2D eigenvalue weighted by atomic mass is 16.2. The van der Waals surface area contributed by atoms with E-state index in [1.807, 2.05) is 6.92 Å². The molecule has 2 N–H and O–H groups in total. The number of carbonyl (C=O) groups excluding carboxylic acids is 2. The second-order valence-electron chi connectivity index (χ2n) is 4.21. The molecule has 1 aromatic rings. The summed E-state index contributed by atoms with van der Waals surface area (Å²) >= 11 is 0. The summed E-state index contributed by atoms with van der Waals surface area (Å²) in [6.45, 7) is 1.85. The van der Waals surface area contributed by atoms with Crippen molar-refractivity contribution in [2.45, 2.75) is 13.3 Å². The molecule has 1 heterocycles. The maximum Gasteiger partial charge on any atom is 0.272 e. The van der Waals surface area contributed by atoms with E-state index in [1.54, 1.807) is 30.4 Å². The Labute approximate surface area is 117 Å². The van der Waals surface area contributed by atoms with Crippen molar-refractivity contribution < 1.29 is 9.59 Å². The van der Waals surface area contributed by atoms with Gasteiger partial charge in [0.1, 0.15) is 0 Å². The molecule has 1 aromatic heterocycles. The molecule has 0 spiro atoms. The van der Waals surface area contributed by atoms with E-state index in [2.05, 4.69) is 4.98 Å². The normalized spacial score (nSPS) is 16.2. The number of rotatable bonds is 3. The van der Waals surface area contributed by atoms with Gasteiger partial charge in [-0.05, 0) is 30.7 Å². The van der Waals surface area contributed by atoms with E-state index in [9.17, 15) is 9.59 Å². The molecule has 0 saturated carbocycles. The van der Waals surface area contributed by atoms with Crippen LogP contribution in [-0.4, -0.2) is 21.7 Å². The summed E-state index contributed by atoms with van der Waals surface area (Å²) in [6.07, 6.45) is 10.0. The van der Waals surface area contributed by atoms with E-state index in [4.69, 9.17) is 5.84 Å². The summed E-state index contributed by atoms with van der Waals surface area (Å²) in [6, 6.07) is 3.16. The SMILES string of the molecule is CCC(=C1C=CC=CC1=O)N(N)C(=O)c1ccncc1. The third-order valence-electron chi connectivity index (χ3n) is 2.97. The fraction of sp³-hybridized carbons (Fsp3) is 0.133. The second-order valence-corrected chi connectivity index (χ2v) is 4.21. The van der Waals surface area contributed by atoms with Gasteiger partial charge in [-0.15, -0.1) is 0 Å². The molecule has 102 valence electrons. The molecule has 5 heteroatoms. The minimum absolute atomic E-state index is 0.151. The van der Waals surface area contributed by atoms with Gasteiger partial charge in [-0.3, -0.25) is 14.6 Å². The Morgan fingerprint density at radius 1 is 1.25 bits per heavy atom. The predicted molar refractivity (Wildman–Crippen MR) is 75.2 cm³/mol. The van der Waals surface area contributed by atoms with Crippen molar-refractivity contribution >= 4 is 11.7 Å². The molecule has 0 saturated heterocycles. The first-order valence-electron chi connectivity index (χ1n) is 6.26. The zero-order chi connectivity index (χ0) is 14.5. The van der Waals surface area contributed by atoms with Crippen molar-refractivity contribution in [3.05, 3.63) is 65.7 Å². The lowest BCUT2D eigenvalue weighted by molar-refractivity contribution is -0.111. The monoisotopic (exact) mass is 269 g/mol. The zero-order valence-electron chi connectivity index (χ0n) is 11.1. The Bertz CT molecular complexity index is 615. The second kappa shape index (κ2) is 6.08. The minimum Gasteiger partial charge on any atom is -0.289 e. The topological polar surface area (TPSA) is 76.3 Å². The lowest BCUT2D eigenvalue weighted by Crippen LogP contribution is -2.37. The largest absolute Gasteiger partial charge is 0.289 e. The molecule has 2 rings (SSSR count). The molecule has 1 amide bonds. The van der Waals surface area contributed by atoms with Crippen LogP contribution >= 0.6 is 0 Å². The molecule has 0 radical (unpaired) electrons. The van der Waals surface area contributed by atoms with Gasteiger partial charge in [0.2, 0.25) is 0 Å². The molecule has 0 fully saturated rings. The number of amides is 1. The zero-order valence-corrected chi connectivity index (χ0v) is 11.1. The first kappa shape index (κ1) is 13.9. The van der Waals surface area contributed by atoms with Crippen molar-refractivity contribution in [3.63, 3.8) is 0 Å². The lowest BCUT2D eigenvalue weighted by Gasteiger charge is -2.21. The highest BCUT2D eigenvalue weighted by molar-refractivity contribution is 6.08. The summed E-state index contributed by atoms with van der Waals surface area (Å²) in [5, 5.41) is 1.03. The third-order valence-corrected chi connectivity index (χ3v) is 2.97. The predicted octanol–water partition coefficient (Wildman–Crippen LogP) is 1.76. The molecule has 0 unspecified atom stereocenters. The first-order chi connectivity index (χ1) is 9.65. The standard InChI is InChI=1S/C15H15N3O2/c1-2-13(12-5-3-4-6-14(12)19)18(16)15(20)11-7-9-17-10-8-11/h3-10H,2,16H2,1H3. The van der Waals surface area contributed by atoms with Crippen molar-refractivity contribution in [1.82, 2.24) is 9.99 Å². The highest BCUT2D eigenvalue weighted by Gasteiger charge is 2.20. The lowest BCUT2D eigenvalue weighted by atomic mass is 10.0. The fourth-order valence-corrected chi connectivity index (χ4v) is 1.95. The van der Waals surface area contributed by atoms with E-state index in [-0.39, 0.29) is 11.7 Å². The molecule has 0 aromatic carbocycles. The van der Waals surface area contributed by atoms with Gasteiger partial charge in [-0.2, -0.15) is 0 Å². The molecule has 1 aliphatic rings. The summed E-state index contributed by atoms with van der Waals surface area (Å²) in [5.41, 5.74) is 1.37. The number of ketones is 1. The van der Waals surface area contributed by atoms with Gasteiger partial charge in [0.05, 0.1) is 0 Å². The van der Waals surface area contributed by atoms with Crippen LogP contribution in [0.1, 0.15) is 23.7 Å². The molecule has 20 heavy (non-hydrogen) atoms. The van der Waals surface area contributed by atoms with E-state index in [1.165, 1.54) is 18.5 Å². The van der Waals surface area contributed by atoms with Gasteiger partial charge in [0.15, 0.2) is 5.78 Å². The molecular formula is C15H15N3O2. The number of carbonyl (C=O) groups is 2.